The number of nitrogens with two attached hydrogens (primary N) is 2. The maximum absolute atomic E-state index is 12.2. The molecule has 0 radical (unpaired) electrons. The summed E-state index contributed by atoms with van der Waals surface area (Å²) in [7, 11) is -3.72. The molecule has 0 saturated heterocycles. The van der Waals surface area contributed by atoms with E-state index in [4.69, 9.17) is 23.7 Å². The number of hydrogen-bond acceptors (Lipinski definition) is 4. The van der Waals surface area contributed by atoms with E-state index in [-0.39, 0.29) is 16.3 Å². The van der Waals surface area contributed by atoms with Gasteiger partial charge in [0.15, 0.2) is 0 Å². The Morgan fingerprint density at radius 2 is 2.00 bits per heavy atom. The van der Waals surface area contributed by atoms with E-state index in [1.807, 2.05) is 0 Å². The van der Waals surface area contributed by atoms with Crippen molar-refractivity contribution in [2.24, 2.45) is 11.5 Å². The lowest BCUT2D eigenvalue weighted by atomic mass is 10.1. The first-order valence-corrected chi connectivity index (χ1v) is 7.73. The quantitative estimate of drug-likeness (QED) is 0.647. The summed E-state index contributed by atoms with van der Waals surface area (Å²) in [5.74, 6) is -0.569. The Morgan fingerprint density at radius 3 is 2.45 bits per heavy atom. The van der Waals surface area contributed by atoms with Crippen molar-refractivity contribution in [1.29, 1.82) is 0 Å². The molecule has 8 heteroatoms. The van der Waals surface area contributed by atoms with E-state index in [9.17, 15) is 13.2 Å². The minimum atomic E-state index is -3.72. The zero-order valence-corrected chi connectivity index (χ0v) is 12.8. The summed E-state index contributed by atoms with van der Waals surface area (Å²) in [6, 6.07) is 4.01. The number of amides is 1. The fraction of sp³-hybridized carbons (Fsp3) is 0.333. The molecule has 0 fully saturated rings. The maximum atomic E-state index is 12.2. The molecule has 0 saturated carbocycles. The van der Waals surface area contributed by atoms with Gasteiger partial charge >= 0.3 is 0 Å². The molecular formula is C12H17N3O3S2. The van der Waals surface area contributed by atoms with Gasteiger partial charge in [-0.2, -0.15) is 0 Å². The van der Waals surface area contributed by atoms with Crippen LogP contribution in [0.1, 0.15) is 24.5 Å². The second kappa shape index (κ2) is 6.29. The van der Waals surface area contributed by atoms with Crippen LogP contribution in [0.4, 0.5) is 0 Å². The second-order valence-corrected chi connectivity index (χ2v) is 6.66. The first kappa shape index (κ1) is 16.5. The minimum absolute atomic E-state index is 0.0662. The predicted molar refractivity (Wildman–Crippen MR) is 80.7 cm³/mol. The Kier molecular flexibility index (Phi) is 5.21. The monoisotopic (exact) mass is 315 g/mol. The number of hydrogen-bond donors (Lipinski definition) is 3. The average Bonchev–Trinajstić information content (AvgIpc) is 2.25. The van der Waals surface area contributed by atoms with Gasteiger partial charge in [-0.3, -0.25) is 4.79 Å². The van der Waals surface area contributed by atoms with Crippen molar-refractivity contribution in [3.05, 3.63) is 29.3 Å². The normalized spacial score (nSPS) is 12.9. The molecule has 0 bridgehead atoms. The van der Waals surface area contributed by atoms with Crippen LogP contribution in [0, 0.1) is 6.92 Å². The van der Waals surface area contributed by atoms with Crippen molar-refractivity contribution in [3.8, 4) is 0 Å². The Labute approximate surface area is 123 Å². The highest BCUT2D eigenvalue weighted by Crippen LogP contribution is 2.17. The van der Waals surface area contributed by atoms with Crippen molar-refractivity contribution < 1.29 is 13.2 Å². The zero-order valence-electron chi connectivity index (χ0n) is 11.2. The van der Waals surface area contributed by atoms with Gasteiger partial charge < -0.3 is 11.5 Å². The van der Waals surface area contributed by atoms with Crippen molar-refractivity contribution in [2.45, 2.75) is 31.2 Å². The standard InChI is InChI=1S/C12H17N3O3S2/c1-7-5-9(12(14)19)3-4-10(7)20(17,18)15-8(2)6-11(13)16/h3-5,8,15H,6H2,1-2H3,(H2,13,16)(H2,14,19). The summed E-state index contributed by atoms with van der Waals surface area (Å²) in [6.45, 7) is 3.22. The lowest BCUT2D eigenvalue weighted by molar-refractivity contribution is -0.118. The van der Waals surface area contributed by atoms with E-state index in [1.54, 1.807) is 26.0 Å². The number of rotatable bonds is 6. The predicted octanol–water partition coefficient (Wildman–Crippen LogP) is 0.171. The van der Waals surface area contributed by atoms with Gasteiger partial charge in [0.05, 0.1) is 4.90 Å². The molecule has 0 aliphatic heterocycles. The summed E-state index contributed by atoms with van der Waals surface area (Å²) in [6.07, 6.45) is -0.0662. The van der Waals surface area contributed by atoms with Gasteiger partial charge in [0, 0.05) is 18.0 Å². The fourth-order valence-corrected chi connectivity index (χ4v) is 3.37. The summed E-state index contributed by atoms with van der Waals surface area (Å²) in [5.41, 5.74) is 11.6. The second-order valence-electron chi connectivity index (χ2n) is 4.54. The van der Waals surface area contributed by atoms with Gasteiger partial charge in [-0.15, -0.1) is 0 Å². The molecule has 0 heterocycles. The number of thiocarbonyl (C=S) groups is 1. The lowest BCUT2D eigenvalue weighted by Crippen LogP contribution is -2.36. The fourth-order valence-electron chi connectivity index (χ4n) is 1.78. The van der Waals surface area contributed by atoms with Crippen molar-refractivity contribution in [1.82, 2.24) is 4.72 Å². The van der Waals surface area contributed by atoms with E-state index in [2.05, 4.69) is 4.72 Å². The number of aryl methyl sites for hydroxylation is 1. The number of sulfonamides is 1. The smallest absolute Gasteiger partial charge is 0.241 e. The molecule has 1 aromatic carbocycles. The number of nitrogens with one attached hydrogen (secondary N) is 1. The summed E-state index contributed by atoms with van der Waals surface area (Å²) < 4.78 is 26.8. The number of primary amides is 1. The van der Waals surface area contributed by atoms with Crippen LogP contribution in [0.3, 0.4) is 0 Å². The third-order valence-electron chi connectivity index (χ3n) is 2.61. The summed E-state index contributed by atoms with van der Waals surface area (Å²) >= 11 is 4.84. The van der Waals surface area contributed by atoms with Gasteiger partial charge in [-0.05, 0) is 31.5 Å². The Morgan fingerprint density at radius 1 is 1.40 bits per heavy atom. The van der Waals surface area contributed by atoms with Crippen LogP contribution < -0.4 is 16.2 Å². The third-order valence-corrected chi connectivity index (χ3v) is 4.60. The molecule has 6 nitrogen and oxygen atoms in total. The van der Waals surface area contributed by atoms with E-state index in [0.29, 0.717) is 11.1 Å². The summed E-state index contributed by atoms with van der Waals surface area (Å²) in [4.78, 5) is 11.1. The van der Waals surface area contributed by atoms with Gasteiger partial charge in [0.1, 0.15) is 4.99 Å². The van der Waals surface area contributed by atoms with Crippen LogP contribution in [-0.2, 0) is 14.8 Å². The SMILES string of the molecule is Cc1cc(C(N)=S)ccc1S(=O)(=O)NC(C)CC(N)=O. The average molecular weight is 315 g/mol. The molecule has 1 unspecified atom stereocenters. The molecule has 0 aromatic heterocycles. The van der Waals surface area contributed by atoms with Gasteiger partial charge in [0.25, 0.3) is 0 Å². The van der Waals surface area contributed by atoms with Crippen LogP contribution in [0.15, 0.2) is 23.1 Å². The minimum Gasteiger partial charge on any atom is -0.389 e. The van der Waals surface area contributed by atoms with Crippen LogP contribution in [0.25, 0.3) is 0 Å². The van der Waals surface area contributed by atoms with E-state index < -0.39 is 22.0 Å². The molecule has 5 N–H and O–H groups in total. The molecule has 20 heavy (non-hydrogen) atoms. The van der Waals surface area contributed by atoms with E-state index in [1.165, 1.54) is 6.07 Å². The van der Waals surface area contributed by atoms with Crippen LogP contribution >= 0.6 is 12.2 Å². The number of benzene rings is 1. The van der Waals surface area contributed by atoms with Crippen LogP contribution in [0.2, 0.25) is 0 Å². The number of carbonyl (C=O) groups is 1. The van der Waals surface area contributed by atoms with Crippen molar-refractivity contribution >= 4 is 33.1 Å². The molecule has 110 valence electrons. The third kappa shape index (κ3) is 4.26. The highest BCUT2D eigenvalue weighted by molar-refractivity contribution is 7.89. The molecular weight excluding hydrogens is 298 g/mol. The van der Waals surface area contributed by atoms with Crippen LogP contribution in [0.5, 0.6) is 0 Å². The Bertz CT molecular complexity index is 641. The molecule has 0 aliphatic rings. The summed E-state index contributed by atoms with van der Waals surface area (Å²) in [5, 5.41) is 0. The largest absolute Gasteiger partial charge is 0.389 e. The topological polar surface area (TPSA) is 115 Å². The molecule has 1 rings (SSSR count). The van der Waals surface area contributed by atoms with E-state index in [0.717, 1.165) is 0 Å². The van der Waals surface area contributed by atoms with Gasteiger partial charge in [0.2, 0.25) is 15.9 Å². The zero-order chi connectivity index (χ0) is 15.5. The first-order valence-electron chi connectivity index (χ1n) is 5.84. The maximum Gasteiger partial charge on any atom is 0.241 e. The molecule has 0 aliphatic carbocycles. The highest BCUT2D eigenvalue weighted by atomic mass is 32.2. The van der Waals surface area contributed by atoms with E-state index >= 15 is 0 Å². The van der Waals surface area contributed by atoms with Gasteiger partial charge in [-0.1, -0.05) is 18.3 Å². The molecule has 1 amide bonds. The molecule has 1 aromatic rings. The number of carbonyl (C=O) groups excluding carboxylic acids is 1. The van der Waals surface area contributed by atoms with Crippen molar-refractivity contribution in [3.63, 3.8) is 0 Å². The molecule has 0 spiro atoms. The Balaban J connectivity index is 3.04. The van der Waals surface area contributed by atoms with Crippen molar-refractivity contribution in [2.75, 3.05) is 0 Å². The lowest BCUT2D eigenvalue weighted by Gasteiger charge is -2.14. The molecule has 1 atom stereocenters. The van der Waals surface area contributed by atoms with Crippen LogP contribution in [-0.4, -0.2) is 25.4 Å². The highest BCUT2D eigenvalue weighted by Gasteiger charge is 2.20. The van der Waals surface area contributed by atoms with Gasteiger partial charge in [-0.25, -0.2) is 13.1 Å². The first-order chi connectivity index (χ1) is 9.13. The Hall–Kier alpha value is -1.51.